The first-order valence-corrected chi connectivity index (χ1v) is 15.7. The maximum absolute atomic E-state index is 15.5. The molecule has 3 atom stereocenters. The normalized spacial score (nSPS) is 20.1. The first-order valence-electron chi connectivity index (χ1n) is 15.3. The number of benzene rings is 2. The number of aliphatic hydroxyl groups is 1. The van der Waals surface area contributed by atoms with Crippen molar-refractivity contribution in [3.8, 4) is 11.1 Å². The second kappa shape index (κ2) is 15.3. The lowest BCUT2D eigenvalue weighted by molar-refractivity contribution is -0.0561. The molecular formula is C33H47ClFN3O3. The maximum Gasteiger partial charge on any atom is 0.317 e. The molecule has 2 aromatic rings. The molecule has 0 bridgehead atoms. The summed E-state index contributed by atoms with van der Waals surface area (Å²) in [6.45, 7) is 2.37. The Morgan fingerprint density at radius 3 is 2.68 bits per heavy atom. The number of carbonyl (C=O) groups excluding carboxylic acids is 1. The van der Waals surface area contributed by atoms with Gasteiger partial charge in [0.25, 0.3) is 0 Å². The number of likely N-dealkylation sites (tertiary alicyclic amines) is 1. The van der Waals surface area contributed by atoms with Crippen LogP contribution in [0.4, 0.5) is 9.18 Å². The molecule has 2 fully saturated rings. The number of rotatable bonds is 13. The summed E-state index contributed by atoms with van der Waals surface area (Å²) in [7, 11) is 3.59. The number of hydrogen-bond donors (Lipinski definition) is 3. The van der Waals surface area contributed by atoms with Crippen LogP contribution in [-0.4, -0.2) is 62.5 Å². The predicted molar refractivity (Wildman–Crippen MR) is 164 cm³/mol. The number of piperidine rings is 1. The number of nitrogens with zero attached hydrogens (tertiary/aromatic N) is 1. The van der Waals surface area contributed by atoms with Crippen LogP contribution in [-0.2, 0) is 10.3 Å². The summed E-state index contributed by atoms with van der Waals surface area (Å²) >= 11 is 6.30. The Hall–Kier alpha value is -2.19. The number of hydrogen-bond acceptors (Lipinski definition) is 4. The van der Waals surface area contributed by atoms with E-state index in [4.69, 9.17) is 16.3 Å². The van der Waals surface area contributed by atoms with E-state index in [1.165, 1.54) is 31.7 Å². The second-order valence-corrected chi connectivity index (χ2v) is 12.4. The molecule has 226 valence electrons. The Balaban J connectivity index is 1.59. The average molecular weight is 588 g/mol. The van der Waals surface area contributed by atoms with E-state index < -0.39 is 11.4 Å². The summed E-state index contributed by atoms with van der Waals surface area (Å²) in [5, 5.41) is 19.6. The van der Waals surface area contributed by atoms with Gasteiger partial charge in [-0.3, -0.25) is 0 Å². The van der Waals surface area contributed by atoms with Crippen molar-refractivity contribution in [2.24, 2.45) is 11.8 Å². The molecule has 1 saturated heterocycles. The van der Waals surface area contributed by atoms with Crippen molar-refractivity contribution in [3.63, 3.8) is 0 Å². The van der Waals surface area contributed by atoms with Gasteiger partial charge in [-0.25, -0.2) is 9.18 Å². The number of ether oxygens (including phenoxy) is 1. The van der Waals surface area contributed by atoms with Gasteiger partial charge < -0.3 is 25.4 Å². The molecule has 1 saturated carbocycles. The summed E-state index contributed by atoms with van der Waals surface area (Å²) in [4.78, 5) is 15.4. The molecule has 1 aliphatic heterocycles. The summed E-state index contributed by atoms with van der Waals surface area (Å²) in [5.74, 6) is 0.0204. The highest BCUT2D eigenvalue weighted by Gasteiger charge is 2.43. The molecule has 41 heavy (non-hydrogen) atoms. The van der Waals surface area contributed by atoms with Crippen LogP contribution in [0.5, 0.6) is 0 Å². The van der Waals surface area contributed by atoms with Gasteiger partial charge in [0.15, 0.2) is 0 Å². The van der Waals surface area contributed by atoms with E-state index in [2.05, 4.69) is 10.6 Å². The first kappa shape index (κ1) is 31.7. The van der Waals surface area contributed by atoms with E-state index in [9.17, 15) is 9.90 Å². The fraction of sp³-hybridized carbons (Fsp3) is 0.606. The molecule has 2 aromatic carbocycles. The van der Waals surface area contributed by atoms with Crippen molar-refractivity contribution in [3.05, 3.63) is 58.9 Å². The fourth-order valence-electron chi connectivity index (χ4n) is 6.93. The molecule has 8 heteroatoms. The molecule has 0 radical (unpaired) electrons. The summed E-state index contributed by atoms with van der Waals surface area (Å²) in [6.07, 6.45) is 9.47. The standard InChI is InChI=1S/C33H47ClFN3O3/c1-36-22-28(20-24-10-3-4-11-24)37-32(39)38-18-9-13-26(23-38)33(40,17-5-6-19-41-2)29-15-8-16-30(35)31(29)25-12-7-14-27(34)21-25/h7-8,12,14-16,21,24,26,28,36,40H,3-6,9-11,13,17-20,22-23H2,1-2H3,(H,37,39)/t26?,28?,33-/m0/s1. The highest BCUT2D eigenvalue weighted by Crippen LogP contribution is 2.44. The molecule has 2 amide bonds. The van der Waals surface area contributed by atoms with E-state index in [0.717, 1.165) is 32.2 Å². The third kappa shape index (κ3) is 8.22. The molecule has 1 aliphatic carbocycles. The Labute approximate surface area is 250 Å². The molecule has 0 aromatic heterocycles. The molecular weight excluding hydrogens is 541 g/mol. The lowest BCUT2D eigenvalue weighted by Gasteiger charge is -2.44. The number of unbranched alkanes of at least 4 members (excludes halogenated alkanes) is 1. The van der Waals surface area contributed by atoms with Crippen molar-refractivity contribution in [2.75, 3.05) is 40.4 Å². The third-order valence-corrected chi connectivity index (χ3v) is 9.24. The Bertz CT molecular complexity index is 1130. The number of methoxy groups -OCH3 is 1. The van der Waals surface area contributed by atoms with Crippen molar-refractivity contribution < 1.29 is 19.0 Å². The van der Waals surface area contributed by atoms with E-state index in [1.807, 2.05) is 24.1 Å². The SMILES string of the molecule is CNCC(CC1CCCC1)NC(=O)N1CCCC([C@@](O)(CCCCOC)c2cccc(F)c2-c2cccc(Cl)c2)C1. The quantitative estimate of drug-likeness (QED) is 0.227. The van der Waals surface area contributed by atoms with Gasteiger partial charge in [0.2, 0.25) is 0 Å². The van der Waals surface area contributed by atoms with Crippen LogP contribution < -0.4 is 10.6 Å². The largest absolute Gasteiger partial charge is 0.385 e. The number of carbonyl (C=O) groups is 1. The van der Waals surface area contributed by atoms with Gasteiger partial charge in [-0.15, -0.1) is 0 Å². The van der Waals surface area contributed by atoms with Crippen molar-refractivity contribution >= 4 is 17.6 Å². The third-order valence-electron chi connectivity index (χ3n) is 9.00. The van der Waals surface area contributed by atoms with Gasteiger partial charge in [0.05, 0.1) is 5.60 Å². The minimum absolute atomic E-state index is 0.0709. The molecule has 2 aliphatic rings. The van der Waals surface area contributed by atoms with Crippen LogP contribution in [0.2, 0.25) is 5.02 Å². The monoisotopic (exact) mass is 587 g/mol. The van der Waals surface area contributed by atoms with Crippen LogP contribution in [0.1, 0.15) is 69.8 Å². The summed E-state index contributed by atoms with van der Waals surface area (Å²) < 4.78 is 20.8. The van der Waals surface area contributed by atoms with Crippen LogP contribution in [0.25, 0.3) is 11.1 Å². The van der Waals surface area contributed by atoms with Crippen LogP contribution in [0.3, 0.4) is 0 Å². The van der Waals surface area contributed by atoms with Crippen LogP contribution in [0.15, 0.2) is 42.5 Å². The molecule has 6 nitrogen and oxygen atoms in total. The van der Waals surface area contributed by atoms with Gasteiger partial charge in [0.1, 0.15) is 5.82 Å². The number of amides is 2. The van der Waals surface area contributed by atoms with E-state index >= 15 is 4.39 Å². The van der Waals surface area contributed by atoms with Crippen LogP contribution in [0, 0.1) is 17.7 Å². The Morgan fingerprint density at radius 2 is 1.95 bits per heavy atom. The highest BCUT2D eigenvalue weighted by molar-refractivity contribution is 6.30. The fourth-order valence-corrected chi connectivity index (χ4v) is 7.12. The molecule has 4 rings (SSSR count). The van der Waals surface area contributed by atoms with Crippen molar-refractivity contribution in [1.29, 1.82) is 0 Å². The van der Waals surface area contributed by atoms with E-state index in [0.29, 0.717) is 60.2 Å². The molecule has 3 N–H and O–H groups in total. The number of nitrogens with one attached hydrogen (secondary N) is 2. The second-order valence-electron chi connectivity index (χ2n) is 11.9. The number of urea groups is 1. The smallest absolute Gasteiger partial charge is 0.317 e. The molecule has 0 spiro atoms. The zero-order chi connectivity index (χ0) is 29.2. The lowest BCUT2D eigenvalue weighted by Crippen LogP contribution is -2.54. The predicted octanol–water partition coefficient (Wildman–Crippen LogP) is 6.74. The molecule has 1 heterocycles. The highest BCUT2D eigenvalue weighted by atomic mass is 35.5. The van der Waals surface area contributed by atoms with Gasteiger partial charge in [-0.1, -0.05) is 61.5 Å². The van der Waals surface area contributed by atoms with Gasteiger partial charge >= 0.3 is 6.03 Å². The Kier molecular flexibility index (Phi) is 11.9. The van der Waals surface area contributed by atoms with Gasteiger partial charge in [-0.05, 0) is 80.8 Å². The minimum Gasteiger partial charge on any atom is -0.385 e. The number of likely N-dealkylation sites (N-methyl/N-ethyl adjacent to an activating group) is 1. The van der Waals surface area contributed by atoms with Crippen molar-refractivity contribution in [1.82, 2.24) is 15.5 Å². The van der Waals surface area contributed by atoms with E-state index in [-0.39, 0.29) is 18.0 Å². The first-order chi connectivity index (χ1) is 19.9. The zero-order valence-corrected chi connectivity index (χ0v) is 25.4. The van der Waals surface area contributed by atoms with E-state index in [1.54, 1.807) is 31.4 Å². The summed E-state index contributed by atoms with van der Waals surface area (Å²) in [6, 6.07) is 12.0. The summed E-state index contributed by atoms with van der Waals surface area (Å²) in [5.41, 5.74) is 0.226. The minimum atomic E-state index is -1.33. The molecule has 2 unspecified atom stereocenters. The van der Waals surface area contributed by atoms with Crippen LogP contribution >= 0.6 is 11.6 Å². The van der Waals surface area contributed by atoms with Crippen molar-refractivity contribution in [2.45, 2.75) is 75.9 Å². The van der Waals surface area contributed by atoms with Gasteiger partial charge in [-0.2, -0.15) is 0 Å². The maximum atomic E-state index is 15.5. The average Bonchev–Trinajstić information content (AvgIpc) is 3.48. The Morgan fingerprint density at radius 1 is 1.17 bits per heavy atom. The number of halogens is 2. The lowest BCUT2D eigenvalue weighted by atomic mass is 9.72. The topological polar surface area (TPSA) is 73.8 Å². The van der Waals surface area contributed by atoms with Gasteiger partial charge in [0, 0.05) is 55.9 Å². The zero-order valence-electron chi connectivity index (χ0n) is 24.6.